The van der Waals surface area contributed by atoms with E-state index in [1.807, 2.05) is 0 Å². The second-order valence-electron chi connectivity index (χ2n) is 6.19. The lowest BCUT2D eigenvalue weighted by atomic mass is 9.92. The molecule has 1 amide bonds. The van der Waals surface area contributed by atoms with Crippen molar-refractivity contribution in [3.05, 3.63) is 42.2 Å². The number of amides is 1. The molecule has 0 saturated carbocycles. The van der Waals surface area contributed by atoms with E-state index in [9.17, 15) is 18.0 Å². The van der Waals surface area contributed by atoms with Crippen LogP contribution in [0.1, 0.15) is 18.4 Å². The van der Waals surface area contributed by atoms with Gasteiger partial charge < -0.3 is 15.8 Å². The Balaban J connectivity index is 0.00000261. The summed E-state index contributed by atoms with van der Waals surface area (Å²) in [6.45, 7) is 1.16. The van der Waals surface area contributed by atoms with Crippen molar-refractivity contribution in [2.45, 2.75) is 25.1 Å². The van der Waals surface area contributed by atoms with Crippen molar-refractivity contribution in [2.24, 2.45) is 11.7 Å². The average molecular weight is 405 g/mol. The highest BCUT2D eigenvalue weighted by Crippen LogP contribution is 2.30. The van der Waals surface area contributed by atoms with Crippen LogP contribution in [0.15, 0.2) is 36.7 Å². The number of ether oxygens (including phenoxy) is 1. The van der Waals surface area contributed by atoms with Gasteiger partial charge in [0.15, 0.2) is 0 Å². The minimum Gasteiger partial charge on any atom is -0.381 e. The van der Waals surface area contributed by atoms with Gasteiger partial charge in [-0.05, 0) is 37.0 Å². The quantitative estimate of drug-likeness (QED) is 0.820. The topological polar surface area (TPSA) is 82.2 Å². The first kappa shape index (κ1) is 21.2. The third-order valence-corrected chi connectivity index (χ3v) is 4.36. The van der Waals surface area contributed by atoms with E-state index in [1.54, 1.807) is 0 Å². The number of anilines is 1. The normalized spacial score (nSPS) is 16.4. The smallest absolute Gasteiger partial charge is 0.381 e. The molecular formula is C17H20ClF3N4O2. The van der Waals surface area contributed by atoms with Gasteiger partial charge in [-0.25, -0.2) is 4.68 Å². The zero-order valence-electron chi connectivity index (χ0n) is 14.3. The Morgan fingerprint density at radius 1 is 1.33 bits per heavy atom. The molecule has 2 aromatic rings. The summed E-state index contributed by atoms with van der Waals surface area (Å²) >= 11 is 0. The number of nitrogens with two attached hydrogens (primary N) is 1. The standard InChI is InChI=1S/C17H19F3N4O2.ClH/c18-17(19,20)12-2-1-3-14(8-12)24-10-13(9-22-24)23-16(25)15(21)11-4-6-26-7-5-11;/h1-3,8-11,15H,4-7,21H2,(H,23,25);1H. The number of carbonyl (C=O) groups excluding carboxylic acids is 1. The van der Waals surface area contributed by atoms with Crippen molar-refractivity contribution in [3.63, 3.8) is 0 Å². The molecule has 1 aliphatic heterocycles. The highest BCUT2D eigenvalue weighted by Gasteiger charge is 2.30. The fourth-order valence-electron chi connectivity index (χ4n) is 2.87. The summed E-state index contributed by atoms with van der Waals surface area (Å²) in [7, 11) is 0. The van der Waals surface area contributed by atoms with Gasteiger partial charge in [0.05, 0.1) is 35.4 Å². The van der Waals surface area contributed by atoms with Gasteiger partial charge in [-0.3, -0.25) is 4.79 Å². The fourth-order valence-corrected chi connectivity index (χ4v) is 2.87. The summed E-state index contributed by atoms with van der Waals surface area (Å²) in [6, 6.07) is 4.12. The number of aromatic nitrogens is 2. The number of halogens is 4. The average Bonchev–Trinajstić information content (AvgIpc) is 3.09. The molecule has 1 fully saturated rings. The number of carbonyl (C=O) groups is 1. The van der Waals surface area contributed by atoms with Gasteiger partial charge in [-0.1, -0.05) is 6.07 Å². The lowest BCUT2D eigenvalue weighted by molar-refractivity contribution is -0.137. The third kappa shape index (κ3) is 5.21. The highest BCUT2D eigenvalue weighted by molar-refractivity contribution is 5.94. The number of nitrogens with one attached hydrogen (secondary N) is 1. The molecule has 1 unspecified atom stereocenters. The van der Waals surface area contributed by atoms with Crippen LogP contribution in [0.4, 0.5) is 18.9 Å². The largest absolute Gasteiger partial charge is 0.416 e. The van der Waals surface area contributed by atoms with Gasteiger partial charge in [-0.2, -0.15) is 18.3 Å². The second kappa shape index (κ2) is 8.73. The van der Waals surface area contributed by atoms with Crippen molar-refractivity contribution in [1.82, 2.24) is 9.78 Å². The predicted octanol–water partition coefficient (Wildman–Crippen LogP) is 3.01. The van der Waals surface area contributed by atoms with Crippen molar-refractivity contribution < 1.29 is 22.7 Å². The summed E-state index contributed by atoms with van der Waals surface area (Å²) in [5.74, 6) is -0.303. The SMILES string of the molecule is Cl.NC(C(=O)Nc1cnn(-c2cccc(C(F)(F)F)c2)c1)C1CCOCC1. The molecular weight excluding hydrogens is 385 g/mol. The molecule has 148 valence electrons. The molecule has 1 atom stereocenters. The lowest BCUT2D eigenvalue weighted by Gasteiger charge is -2.26. The maximum atomic E-state index is 12.8. The Labute approximate surface area is 160 Å². The Bertz CT molecular complexity index is 776. The Kier molecular flexibility index (Phi) is 6.85. The van der Waals surface area contributed by atoms with Crippen LogP contribution in [-0.4, -0.2) is 34.9 Å². The van der Waals surface area contributed by atoms with Crippen molar-refractivity contribution >= 4 is 24.0 Å². The van der Waals surface area contributed by atoms with E-state index in [2.05, 4.69) is 10.4 Å². The molecule has 1 aromatic heterocycles. The number of alkyl halides is 3. The Hall–Kier alpha value is -2.10. The van der Waals surface area contributed by atoms with Crippen LogP contribution in [0, 0.1) is 5.92 Å². The molecule has 0 bridgehead atoms. The summed E-state index contributed by atoms with van der Waals surface area (Å²) in [5, 5.41) is 6.67. The highest BCUT2D eigenvalue weighted by atomic mass is 35.5. The van der Waals surface area contributed by atoms with E-state index in [0.717, 1.165) is 25.0 Å². The maximum absolute atomic E-state index is 12.8. The van der Waals surface area contributed by atoms with Crippen LogP contribution in [0.3, 0.4) is 0 Å². The Morgan fingerprint density at radius 2 is 2.04 bits per heavy atom. The van der Waals surface area contributed by atoms with Crippen LogP contribution in [0.2, 0.25) is 0 Å². The van der Waals surface area contributed by atoms with Crippen molar-refractivity contribution in [3.8, 4) is 5.69 Å². The number of rotatable bonds is 4. The first-order valence-corrected chi connectivity index (χ1v) is 8.21. The molecule has 27 heavy (non-hydrogen) atoms. The summed E-state index contributed by atoms with van der Waals surface area (Å²) in [6.07, 6.45) is -0.175. The minimum absolute atomic E-state index is 0. The molecule has 3 rings (SSSR count). The summed E-state index contributed by atoms with van der Waals surface area (Å²) < 4.78 is 45.0. The van der Waals surface area contributed by atoms with E-state index in [-0.39, 0.29) is 29.9 Å². The molecule has 6 nitrogen and oxygen atoms in total. The van der Waals surface area contributed by atoms with E-state index < -0.39 is 17.8 Å². The third-order valence-electron chi connectivity index (χ3n) is 4.36. The zero-order chi connectivity index (χ0) is 18.7. The van der Waals surface area contributed by atoms with E-state index in [0.29, 0.717) is 18.9 Å². The second-order valence-corrected chi connectivity index (χ2v) is 6.19. The van der Waals surface area contributed by atoms with Gasteiger partial charge in [0.25, 0.3) is 0 Å². The molecule has 0 aliphatic carbocycles. The molecule has 10 heteroatoms. The van der Waals surface area contributed by atoms with E-state index in [1.165, 1.54) is 29.2 Å². The molecule has 2 heterocycles. The van der Waals surface area contributed by atoms with E-state index in [4.69, 9.17) is 10.5 Å². The molecule has 3 N–H and O–H groups in total. The number of hydrogen-bond donors (Lipinski definition) is 2. The number of hydrogen-bond acceptors (Lipinski definition) is 4. The number of nitrogens with zero attached hydrogens (tertiary/aromatic N) is 2. The predicted molar refractivity (Wildman–Crippen MR) is 96.0 cm³/mol. The molecule has 0 radical (unpaired) electrons. The Morgan fingerprint density at radius 3 is 2.70 bits per heavy atom. The first-order valence-electron chi connectivity index (χ1n) is 8.21. The van der Waals surface area contributed by atoms with Gasteiger partial charge in [0.1, 0.15) is 0 Å². The molecule has 1 saturated heterocycles. The van der Waals surface area contributed by atoms with Gasteiger partial charge in [-0.15, -0.1) is 12.4 Å². The molecule has 1 aromatic carbocycles. The molecule has 0 spiro atoms. The number of benzene rings is 1. The summed E-state index contributed by atoms with van der Waals surface area (Å²) in [5.41, 5.74) is 5.85. The van der Waals surface area contributed by atoms with Crippen molar-refractivity contribution in [2.75, 3.05) is 18.5 Å². The van der Waals surface area contributed by atoms with Crippen molar-refractivity contribution in [1.29, 1.82) is 0 Å². The minimum atomic E-state index is -4.43. The van der Waals surface area contributed by atoms with Gasteiger partial charge in [0.2, 0.25) is 5.91 Å². The van der Waals surface area contributed by atoms with Gasteiger partial charge in [0, 0.05) is 13.2 Å². The van der Waals surface area contributed by atoms with Crippen LogP contribution < -0.4 is 11.1 Å². The van der Waals surface area contributed by atoms with Crippen LogP contribution >= 0.6 is 12.4 Å². The van der Waals surface area contributed by atoms with Crippen LogP contribution in [0.5, 0.6) is 0 Å². The molecule has 1 aliphatic rings. The van der Waals surface area contributed by atoms with Crippen LogP contribution in [0.25, 0.3) is 5.69 Å². The van der Waals surface area contributed by atoms with E-state index >= 15 is 0 Å². The van der Waals surface area contributed by atoms with Crippen LogP contribution in [-0.2, 0) is 15.7 Å². The fraction of sp³-hybridized carbons (Fsp3) is 0.412. The monoisotopic (exact) mass is 404 g/mol. The van der Waals surface area contributed by atoms with Gasteiger partial charge >= 0.3 is 6.18 Å². The summed E-state index contributed by atoms with van der Waals surface area (Å²) in [4.78, 5) is 12.3. The lowest BCUT2D eigenvalue weighted by Crippen LogP contribution is -2.43. The first-order chi connectivity index (χ1) is 12.3. The zero-order valence-corrected chi connectivity index (χ0v) is 15.1. The maximum Gasteiger partial charge on any atom is 0.416 e.